The fourth-order valence-electron chi connectivity index (χ4n) is 3.65. The van der Waals surface area contributed by atoms with E-state index < -0.39 is 0 Å². The van der Waals surface area contributed by atoms with Crippen LogP contribution in [0.2, 0.25) is 0 Å². The van der Waals surface area contributed by atoms with E-state index in [0.717, 1.165) is 43.6 Å². The first-order chi connectivity index (χ1) is 15.7. The van der Waals surface area contributed by atoms with E-state index in [0.29, 0.717) is 22.8 Å². The first kappa shape index (κ1) is 20.2. The summed E-state index contributed by atoms with van der Waals surface area (Å²) in [4.78, 5) is 32.2. The van der Waals surface area contributed by atoms with Crippen molar-refractivity contribution >= 4 is 22.5 Å². The lowest BCUT2D eigenvalue weighted by molar-refractivity contribution is 0.0342. The number of hydrogen-bond donors (Lipinski definition) is 1. The highest BCUT2D eigenvalue weighted by molar-refractivity contribution is 6.04. The van der Waals surface area contributed by atoms with Crippen molar-refractivity contribution in [1.82, 2.24) is 24.8 Å². The predicted octanol–water partition coefficient (Wildman–Crippen LogP) is 3.17. The van der Waals surface area contributed by atoms with Gasteiger partial charge in [-0.1, -0.05) is 12.1 Å². The van der Waals surface area contributed by atoms with Gasteiger partial charge in [-0.3, -0.25) is 24.6 Å². The van der Waals surface area contributed by atoms with Crippen LogP contribution in [0.15, 0.2) is 67.4 Å². The van der Waals surface area contributed by atoms with E-state index in [9.17, 15) is 4.79 Å². The van der Waals surface area contributed by atoms with E-state index in [-0.39, 0.29) is 5.91 Å². The van der Waals surface area contributed by atoms with Gasteiger partial charge in [-0.2, -0.15) is 0 Å². The van der Waals surface area contributed by atoms with Gasteiger partial charge in [-0.05, 0) is 35.2 Å². The lowest BCUT2D eigenvalue weighted by Crippen LogP contribution is -2.35. The molecule has 0 radical (unpaired) electrons. The van der Waals surface area contributed by atoms with Gasteiger partial charge in [0.15, 0.2) is 0 Å². The molecule has 8 heteroatoms. The predicted molar refractivity (Wildman–Crippen MR) is 121 cm³/mol. The van der Waals surface area contributed by atoms with Gasteiger partial charge in [0.05, 0.1) is 25.1 Å². The van der Waals surface area contributed by atoms with Gasteiger partial charge in [0.25, 0.3) is 5.91 Å². The molecule has 0 bridgehead atoms. The molecule has 4 heterocycles. The number of rotatable bonds is 5. The molecule has 0 spiro atoms. The summed E-state index contributed by atoms with van der Waals surface area (Å²) in [7, 11) is 0. The molecule has 1 aromatic carbocycles. The summed E-state index contributed by atoms with van der Waals surface area (Å²) >= 11 is 0. The van der Waals surface area contributed by atoms with E-state index in [4.69, 9.17) is 4.74 Å². The number of fused-ring (bicyclic) bond motifs is 1. The maximum Gasteiger partial charge on any atom is 0.256 e. The van der Waals surface area contributed by atoms with E-state index in [1.165, 1.54) is 5.56 Å². The van der Waals surface area contributed by atoms with Crippen LogP contribution >= 0.6 is 0 Å². The number of carbonyl (C=O) groups excluding carboxylic acids is 1. The smallest absolute Gasteiger partial charge is 0.256 e. The molecule has 4 aromatic rings. The summed E-state index contributed by atoms with van der Waals surface area (Å²) in [6.45, 7) is 4.28. The Balaban J connectivity index is 1.29. The summed E-state index contributed by atoms with van der Waals surface area (Å²) in [6.07, 6.45) is 8.36. The number of nitrogens with one attached hydrogen (secondary N) is 1. The highest BCUT2D eigenvalue weighted by atomic mass is 16.5. The lowest BCUT2D eigenvalue weighted by Gasteiger charge is -2.26. The Labute approximate surface area is 185 Å². The van der Waals surface area contributed by atoms with Gasteiger partial charge in [-0.15, -0.1) is 0 Å². The average Bonchev–Trinajstić information content (AvgIpc) is 2.85. The van der Waals surface area contributed by atoms with Crippen molar-refractivity contribution in [1.29, 1.82) is 0 Å². The molecule has 1 fully saturated rings. The van der Waals surface area contributed by atoms with Crippen LogP contribution in [0.25, 0.3) is 22.2 Å². The molecule has 8 nitrogen and oxygen atoms in total. The zero-order chi connectivity index (χ0) is 21.8. The van der Waals surface area contributed by atoms with Gasteiger partial charge in [0, 0.05) is 55.4 Å². The maximum absolute atomic E-state index is 12.7. The molecule has 1 aliphatic rings. The van der Waals surface area contributed by atoms with Crippen LogP contribution in [0.4, 0.5) is 5.82 Å². The van der Waals surface area contributed by atoms with Crippen molar-refractivity contribution in [3.63, 3.8) is 0 Å². The molecule has 3 aromatic heterocycles. The highest BCUT2D eigenvalue weighted by Gasteiger charge is 2.12. The standard InChI is InChI=1S/C24H22N6O2/c31-24(18-3-1-17(2-4-18)16-30-7-9-32-10-8-30)29-23-12-19-11-21(22-15-25-5-6-26-22)27-13-20(19)14-28-23/h1-6,11-15H,7-10,16H2,(H,28,29,31). The summed E-state index contributed by atoms with van der Waals surface area (Å²) in [5.74, 6) is 0.286. The Morgan fingerprint density at radius 3 is 2.50 bits per heavy atom. The fraction of sp³-hybridized carbons (Fsp3) is 0.208. The van der Waals surface area contributed by atoms with Crippen LogP contribution < -0.4 is 5.32 Å². The Bertz CT molecular complexity index is 1220. The molecular weight excluding hydrogens is 404 g/mol. The van der Waals surface area contributed by atoms with Gasteiger partial charge in [-0.25, -0.2) is 4.98 Å². The number of pyridine rings is 2. The van der Waals surface area contributed by atoms with Crippen molar-refractivity contribution in [3.8, 4) is 11.4 Å². The number of carbonyl (C=O) groups is 1. The van der Waals surface area contributed by atoms with E-state index in [1.54, 1.807) is 31.0 Å². The summed E-state index contributed by atoms with van der Waals surface area (Å²) in [6, 6.07) is 11.4. The second kappa shape index (κ2) is 9.17. The SMILES string of the molecule is O=C(Nc1cc2cc(-c3cnccn3)ncc2cn1)c1ccc(CN2CCOCC2)cc1. The minimum atomic E-state index is -0.196. The summed E-state index contributed by atoms with van der Waals surface area (Å²) < 4.78 is 5.39. The minimum absolute atomic E-state index is 0.196. The molecule has 1 amide bonds. The normalized spacial score (nSPS) is 14.4. The van der Waals surface area contributed by atoms with Crippen LogP contribution in [0.1, 0.15) is 15.9 Å². The molecule has 5 rings (SSSR count). The monoisotopic (exact) mass is 426 g/mol. The first-order valence-corrected chi connectivity index (χ1v) is 10.5. The second-order valence-corrected chi connectivity index (χ2v) is 7.62. The minimum Gasteiger partial charge on any atom is -0.379 e. The molecule has 32 heavy (non-hydrogen) atoms. The number of nitrogens with zero attached hydrogens (tertiary/aromatic N) is 5. The summed E-state index contributed by atoms with van der Waals surface area (Å²) in [5, 5.41) is 4.67. The van der Waals surface area contributed by atoms with Crippen LogP contribution in [0.5, 0.6) is 0 Å². The van der Waals surface area contributed by atoms with Gasteiger partial charge in [0.1, 0.15) is 11.5 Å². The van der Waals surface area contributed by atoms with Crippen molar-refractivity contribution in [2.75, 3.05) is 31.6 Å². The molecule has 1 N–H and O–H groups in total. The number of hydrogen-bond acceptors (Lipinski definition) is 7. The first-order valence-electron chi connectivity index (χ1n) is 10.5. The number of aromatic nitrogens is 4. The third-order valence-corrected chi connectivity index (χ3v) is 5.40. The van der Waals surface area contributed by atoms with E-state index >= 15 is 0 Å². The molecule has 1 aliphatic heterocycles. The molecule has 0 saturated carbocycles. The van der Waals surface area contributed by atoms with Crippen LogP contribution in [-0.2, 0) is 11.3 Å². The Hall–Kier alpha value is -3.75. The van der Waals surface area contributed by atoms with Crippen LogP contribution in [0.3, 0.4) is 0 Å². The molecule has 0 atom stereocenters. The average molecular weight is 426 g/mol. The Morgan fingerprint density at radius 1 is 0.906 bits per heavy atom. The molecule has 0 aliphatic carbocycles. The topological polar surface area (TPSA) is 93.1 Å². The highest BCUT2D eigenvalue weighted by Crippen LogP contribution is 2.22. The zero-order valence-electron chi connectivity index (χ0n) is 17.4. The molecule has 160 valence electrons. The number of ether oxygens (including phenoxy) is 1. The third-order valence-electron chi connectivity index (χ3n) is 5.40. The number of morpholine rings is 1. The number of anilines is 1. The van der Waals surface area contributed by atoms with Crippen molar-refractivity contribution in [2.45, 2.75) is 6.54 Å². The maximum atomic E-state index is 12.7. The second-order valence-electron chi connectivity index (χ2n) is 7.62. The van der Waals surface area contributed by atoms with Gasteiger partial charge < -0.3 is 10.1 Å². The van der Waals surface area contributed by atoms with Crippen molar-refractivity contribution in [3.05, 3.63) is 78.5 Å². The summed E-state index contributed by atoms with van der Waals surface area (Å²) in [5.41, 5.74) is 3.17. The number of benzene rings is 1. The Morgan fingerprint density at radius 2 is 1.72 bits per heavy atom. The quantitative estimate of drug-likeness (QED) is 0.524. The third kappa shape index (κ3) is 4.61. The lowest BCUT2D eigenvalue weighted by atomic mass is 10.1. The van der Waals surface area contributed by atoms with Crippen LogP contribution in [0, 0.1) is 0 Å². The van der Waals surface area contributed by atoms with Crippen molar-refractivity contribution in [2.24, 2.45) is 0 Å². The Kier molecular flexibility index (Phi) is 5.78. The number of amides is 1. The van der Waals surface area contributed by atoms with E-state index in [2.05, 4.69) is 30.2 Å². The van der Waals surface area contributed by atoms with Gasteiger partial charge in [0.2, 0.25) is 0 Å². The van der Waals surface area contributed by atoms with E-state index in [1.807, 2.05) is 36.4 Å². The largest absolute Gasteiger partial charge is 0.379 e. The molecule has 0 unspecified atom stereocenters. The zero-order valence-corrected chi connectivity index (χ0v) is 17.4. The van der Waals surface area contributed by atoms with Gasteiger partial charge >= 0.3 is 0 Å². The van der Waals surface area contributed by atoms with Crippen LogP contribution in [-0.4, -0.2) is 57.0 Å². The van der Waals surface area contributed by atoms with Crippen molar-refractivity contribution < 1.29 is 9.53 Å². The molecule has 1 saturated heterocycles. The molecular formula is C24H22N6O2. The fourth-order valence-corrected chi connectivity index (χ4v) is 3.65.